The highest BCUT2D eigenvalue weighted by atomic mass is 16.5. The molecule has 0 aliphatic heterocycles. The van der Waals surface area contributed by atoms with E-state index >= 15 is 0 Å². The molecule has 5 rings (SSSR count). The van der Waals surface area contributed by atoms with E-state index in [2.05, 4.69) is 10.3 Å². The number of phenols is 1. The number of amides is 1. The van der Waals surface area contributed by atoms with Gasteiger partial charge in [-0.1, -0.05) is 42.5 Å². The van der Waals surface area contributed by atoms with E-state index in [9.17, 15) is 9.90 Å². The lowest BCUT2D eigenvalue weighted by Crippen LogP contribution is -2.12. The van der Waals surface area contributed by atoms with Crippen LogP contribution in [0.15, 0.2) is 95.4 Å². The van der Waals surface area contributed by atoms with E-state index in [1.807, 2.05) is 61.5 Å². The fourth-order valence-corrected chi connectivity index (χ4v) is 3.61. The molecule has 0 fully saturated rings. The summed E-state index contributed by atoms with van der Waals surface area (Å²) in [6, 6.07) is 27.3. The Labute approximate surface area is 196 Å². The molecule has 0 aliphatic rings. The summed E-state index contributed by atoms with van der Waals surface area (Å²) in [4.78, 5) is 17.4. The van der Waals surface area contributed by atoms with Gasteiger partial charge in [-0.15, -0.1) is 0 Å². The van der Waals surface area contributed by atoms with Crippen molar-refractivity contribution in [1.82, 2.24) is 4.98 Å². The second-order valence-electron chi connectivity index (χ2n) is 7.98. The minimum absolute atomic E-state index is 0.0117. The number of hydrogen-bond acceptors (Lipinski definition) is 5. The summed E-state index contributed by atoms with van der Waals surface area (Å²) in [6.45, 7) is 2.39. The van der Waals surface area contributed by atoms with Gasteiger partial charge in [0, 0.05) is 11.3 Å². The first kappa shape index (κ1) is 21.3. The summed E-state index contributed by atoms with van der Waals surface area (Å²) in [7, 11) is 0. The van der Waals surface area contributed by atoms with Crippen LogP contribution in [-0.4, -0.2) is 16.0 Å². The average Bonchev–Trinajstić information content (AvgIpc) is 3.27. The zero-order chi connectivity index (χ0) is 23.5. The van der Waals surface area contributed by atoms with Crippen molar-refractivity contribution < 1.29 is 19.1 Å². The second-order valence-corrected chi connectivity index (χ2v) is 7.98. The maximum absolute atomic E-state index is 12.9. The summed E-state index contributed by atoms with van der Waals surface area (Å²) in [5.74, 6) is 0.600. The van der Waals surface area contributed by atoms with Gasteiger partial charge < -0.3 is 19.6 Å². The maximum atomic E-state index is 12.9. The number of aromatic nitrogens is 1. The van der Waals surface area contributed by atoms with Gasteiger partial charge in [-0.2, -0.15) is 0 Å². The van der Waals surface area contributed by atoms with Gasteiger partial charge in [-0.25, -0.2) is 4.98 Å². The predicted octanol–water partition coefficient (Wildman–Crippen LogP) is 6.34. The van der Waals surface area contributed by atoms with Gasteiger partial charge in [0.25, 0.3) is 5.91 Å². The van der Waals surface area contributed by atoms with Crippen molar-refractivity contribution in [2.24, 2.45) is 0 Å². The van der Waals surface area contributed by atoms with E-state index in [1.165, 1.54) is 6.07 Å². The molecule has 0 saturated carbocycles. The molecule has 0 unspecified atom stereocenters. The molecule has 0 saturated heterocycles. The summed E-state index contributed by atoms with van der Waals surface area (Å²) in [6.07, 6.45) is 0. The van der Waals surface area contributed by atoms with Crippen molar-refractivity contribution in [2.45, 2.75) is 13.5 Å². The zero-order valence-corrected chi connectivity index (χ0v) is 18.5. The van der Waals surface area contributed by atoms with Crippen LogP contribution in [0.3, 0.4) is 0 Å². The van der Waals surface area contributed by atoms with Crippen LogP contribution in [0.4, 0.5) is 5.69 Å². The number of hydrogen-bond donors (Lipinski definition) is 2. The number of nitrogens with zero attached hydrogens (tertiary/aromatic N) is 1. The van der Waals surface area contributed by atoms with E-state index in [0.717, 1.165) is 11.1 Å². The van der Waals surface area contributed by atoms with Crippen molar-refractivity contribution >= 4 is 22.7 Å². The number of carbonyl (C=O) groups is 1. The zero-order valence-electron chi connectivity index (χ0n) is 18.5. The van der Waals surface area contributed by atoms with Crippen LogP contribution < -0.4 is 10.1 Å². The molecule has 0 atom stereocenters. The average molecular weight is 450 g/mol. The molecule has 0 bridgehead atoms. The molecule has 6 nitrogen and oxygen atoms in total. The quantitative estimate of drug-likeness (QED) is 0.295. The van der Waals surface area contributed by atoms with Crippen molar-refractivity contribution in [3.8, 4) is 23.0 Å². The first-order valence-electron chi connectivity index (χ1n) is 10.8. The van der Waals surface area contributed by atoms with Crippen molar-refractivity contribution in [3.63, 3.8) is 0 Å². The first-order chi connectivity index (χ1) is 16.5. The number of ether oxygens (including phenoxy) is 1. The Balaban J connectivity index is 1.34. The number of aromatic hydroxyl groups is 1. The van der Waals surface area contributed by atoms with Crippen molar-refractivity contribution in [1.29, 1.82) is 0 Å². The monoisotopic (exact) mass is 450 g/mol. The lowest BCUT2D eigenvalue weighted by Gasteiger charge is -2.10. The van der Waals surface area contributed by atoms with Gasteiger partial charge >= 0.3 is 0 Å². The van der Waals surface area contributed by atoms with Gasteiger partial charge in [0.15, 0.2) is 5.58 Å². The first-order valence-corrected chi connectivity index (χ1v) is 10.8. The molecule has 1 heterocycles. The number of aryl methyl sites for hydroxylation is 1. The van der Waals surface area contributed by atoms with E-state index in [1.54, 1.807) is 30.3 Å². The van der Waals surface area contributed by atoms with Gasteiger partial charge in [-0.05, 0) is 66.6 Å². The Morgan fingerprint density at radius 3 is 2.68 bits per heavy atom. The third-order valence-corrected chi connectivity index (χ3v) is 5.37. The van der Waals surface area contributed by atoms with Crippen LogP contribution in [0.1, 0.15) is 21.5 Å². The van der Waals surface area contributed by atoms with Crippen LogP contribution in [-0.2, 0) is 6.61 Å². The smallest absolute Gasteiger partial charge is 0.255 e. The molecule has 34 heavy (non-hydrogen) atoms. The van der Waals surface area contributed by atoms with Gasteiger partial charge in [0.1, 0.15) is 23.6 Å². The fourth-order valence-electron chi connectivity index (χ4n) is 3.61. The molecule has 5 aromatic rings. The molecule has 4 aromatic carbocycles. The highest BCUT2D eigenvalue weighted by Gasteiger charge is 2.15. The molecule has 2 N–H and O–H groups in total. The third-order valence-electron chi connectivity index (χ3n) is 5.37. The molecular weight excluding hydrogens is 428 g/mol. The molecule has 6 heteroatoms. The second kappa shape index (κ2) is 9.11. The Morgan fingerprint density at radius 2 is 1.82 bits per heavy atom. The number of phenolic OH excluding ortho intramolecular Hbond substituents is 1. The summed E-state index contributed by atoms with van der Waals surface area (Å²) < 4.78 is 11.6. The molecule has 0 aliphatic carbocycles. The van der Waals surface area contributed by atoms with Crippen LogP contribution in [0.25, 0.3) is 22.6 Å². The summed E-state index contributed by atoms with van der Waals surface area (Å²) in [5.41, 5.74) is 4.80. The van der Waals surface area contributed by atoms with Crippen molar-refractivity contribution in [2.75, 3.05) is 5.32 Å². The lowest BCUT2D eigenvalue weighted by molar-refractivity contribution is 0.102. The number of carbonyl (C=O) groups excluding carboxylic acids is 1. The summed E-state index contributed by atoms with van der Waals surface area (Å²) >= 11 is 0. The number of rotatable bonds is 6. The molecule has 1 amide bonds. The minimum atomic E-state index is -0.296. The normalized spacial score (nSPS) is 10.9. The molecule has 168 valence electrons. The number of anilines is 1. The van der Waals surface area contributed by atoms with E-state index in [-0.39, 0.29) is 17.5 Å². The largest absolute Gasteiger partial charge is 0.507 e. The van der Waals surface area contributed by atoms with Crippen LogP contribution >= 0.6 is 0 Å². The Morgan fingerprint density at radius 1 is 0.971 bits per heavy atom. The van der Waals surface area contributed by atoms with Gasteiger partial charge in [-0.3, -0.25) is 4.79 Å². The van der Waals surface area contributed by atoms with E-state index in [4.69, 9.17) is 9.15 Å². The van der Waals surface area contributed by atoms with Gasteiger partial charge in [0.05, 0.1) is 5.56 Å². The number of nitrogens with one attached hydrogen (secondary N) is 1. The minimum Gasteiger partial charge on any atom is -0.507 e. The van der Waals surface area contributed by atoms with Gasteiger partial charge in [0.2, 0.25) is 5.89 Å². The van der Waals surface area contributed by atoms with Crippen LogP contribution in [0.2, 0.25) is 0 Å². The highest BCUT2D eigenvalue weighted by Crippen LogP contribution is 2.33. The molecular formula is C28H22N2O4. The topological polar surface area (TPSA) is 84.6 Å². The third kappa shape index (κ3) is 4.61. The Kier molecular flexibility index (Phi) is 5.70. The molecule has 0 radical (unpaired) electrons. The number of fused-ring (bicyclic) bond motifs is 1. The van der Waals surface area contributed by atoms with Crippen molar-refractivity contribution in [3.05, 3.63) is 108 Å². The molecule has 0 spiro atoms. The lowest BCUT2D eigenvalue weighted by atomic mass is 10.1. The number of oxazole rings is 1. The van der Waals surface area contributed by atoms with E-state index < -0.39 is 0 Å². The highest BCUT2D eigenvalue weighted by molar-refractivity contribution is 6.04. The predicted molar refractivity (Wildman–Crippen MR) is 131 cm³/mol. The SMILES string of the molecule is Cc1ccc2oc(-c3cc(NC(=O)c4cccc(OCc5ccccc5)c4)ccc3O)nc2c1. The van der Waals surface area contributed by atoms with Crippen LogP contribution in [0, 0.1) is 6.92 Å². The Bertz CT molecular complexity index is 1470. The van der Waals surface area contributed by atoms with E-state index in [0.29, 0.717) is 40.3 Å². The Hall–Kier alpha value is -4.58. The number of benzene rings is 4. The standard InChI is InChI=1S/C28H22N2O4/c1-18-10-13-26-24(14-18)30-28(34-26)23-16-21(11-12-25(23)31)29-27(32)20-8-5-9-22(15-20)33-17-19-6-3-2-4-7-19/h2-16,31H,17H2,1H3,(H,29,32). The molecule has 1 aromatic heterocycles. The summed E-state index contributed by atoms with van der Waals surface area (Å²) in [5, 5.41) is 13.2. The fraction of sp³-hybridized carbons (Fsp3) is 0.0714. The van der Waals surface area contributed by atoms with Crippen LogP contribution in [0.5, 0.6) is 11.5 Å². The maximum Gasteiger partial charge on any atom is 0.255 e.